The lowest BCUT2D eigenvalue weighted by molar-refractivity contribution is 0.202. The minimum Gasteiger partial charge on any atom is -0.488 e. The van der Waals surface area contributed by atoms with E-state index in [9.17, 15) is 4.39 Å². The Hall–Kier alpha value is -1.95. The van der Waals surface area contributed by atoms with Crippen molar-refractivity contribution in [3.05, 3.63) is 41.5 Å². The van der Waals surface area contributed by atoms with Crippen molar-refractivity contribution in [2.45, 2.75) is 39.0 Å². The summed E-state index contributed by atoms with van der Waals surface area (Å²) in [6.07, 6.45) is 3.71. The quantitative estimate of drug-likeness (QED) is 0.826. The van der Waals surface area contributed by atoms with E-state index in [2.05, 4.69) is 22.6 Å². The van der Waals surface area contributed by atoms with E-state index in [0.29, 0.717) is 13.0 Å². The first-order chi connectivity index (χ1) is 10.2. The van der Waals surface area contributed by atoms with Crippen molar-refractivity contribution in [3.8, 4) is 5.75 Å². The normalized spacial score (nSPS) is 16.8. The van der Waals surface area contributed by atoms with Crippen LogP contribution in [0.1, 0.15) is 24.6 Å². The lowest BCUT2D eigenvalue weighted by Gasteiger charge is -2.09. The number of halogens is 1. The average molecular weight is 290 g/mol. The Morgan fingerprint density at radius 3 is 3.24 bits per heavy atom. The van der Waals surface area contributed by atoms with Gasteiger partial charge >= 0.3 is 0 Å². The maximum Gasteiger partial charge on any atom is 0.123 e. The maximum atomic E-state index is 13.2. The molecule has 1 aliphatic rings. The standard InChI is InChI=1S/C15H19FN4O/c1-2-5-17-8-13-9-20(19-18-13)10-14-7-11-6-12(16)3-4-15(11)21-14/h3-4,6,9,14,17H,2,5,7-8,10H2,1H3. The summed E-state index contributed by atoms with van der Waals surface area (Å²) in [6, 6.07) is 4.65. The molecule has 2 aromatic rings. The van der Waals surface area contributed by atoms with E-state index in [0.717, 1.165) is 36.5 Å². The van der Waals surface area contributed by atoms with Gasteiger partial charge in [0.05, 0.1) is 12.2 Å². The second-order valence-electron chi connectivity index (χ2n) is 5.30. The molecular weight excluding hydrogens is 271 g/mol. The molecule has 0 aliphatic carbocycles. The second-order valence-corrected chi connectivity index (χ2v) is 5.30. The van der Waals surface area contributed by atoms with Crippen LogP contribution >= 0.6 is 0 Å². The summed E-state index contributed by atoms with van der Waals surface area (Å²) in [5, 5.41) is 11.5. The van der Waals surface area contributed by atoms with Crippen LogP contribution in [0.25, 0.3) is 0 Å². The molecule has 1 atom stereocenters. The predicted octanol–water partition coefficient (Wildman–Crippen LogP) is 1.92. The van der Waals surface area contributed by atoms with Crippen molar-refractivity contribution >= 4 is 0 Å². The van der Waals surface area contributed by atoms with Crippen LogP contribution in [0, 0.1) is 5.82 Å². The molecule has 1 N–H and O–H groups in total. The number of rotatable bonds is 6. The smallest absolute Gasteiger partial charge is 0.123 e. The van der Waals surface area contributed by atoms with Gasteiger partial charge in [-0.25, -0.2) is 9.07 Å². The first-order valence-corrected chi connectivity index (χ1v) is 7.29. The molecule has 5 nitrogen and oxygen atoms in total. The first kappa shape index (κ1) is 14.0. The number of benzene rings is 1. The van der Waals surface area contributed by atoms with Gasteiger partial charge in [-0.05, 0) is 31.2 Å². The number of hydrogen-bond acceptors (Lipinski definition) is 4. The summed E-state index contributed by atoms with van der Waals surface area (Å²) in [6.45, 7) is 4.45. The monoisotopic (exact) mass is 290 g/mol. The molecule has 1 aliphatic heterocycles. The predicted molar refractivity (Wildman–Crippen MR) is 76.5 cm³/mol. The highest BCUT2D eigenvalue weighted by atomic mass is 19.1. The largest absolute Gasteiger partial charge is 0.488 e. The first-order valence-electron chi connectivity index (χ1n) is 7.29. The van der Waals surface area contributed by atoms with Crippen molar-refractivity contribution in [1.29, 1.82) is 0 Å². The third kappa shape index (κ3) is 3.39. The SMILES string of the molecule is CCCNCc1cn(CC2Cc3cc(F)ccc3O2)nn1. The molecule has 0 saturated carbocycles. The molecule has 3 rings (SSSR count). The fraction of sp³-hybridized carbons (Fsp3) is 0.467. The highest BCUT2D eigenvalue weighted by Crippen LogP contribution is 2.29. The molecule has 1 aromatic carbocycles. The maximum absolute atomic E-state index is 13.2. The Morgan fingerprint density at radius 1 is 1.48 bits per heavy atom. The molecule has 0 amide bonds. The Labute approximate surface area is 123 Å². The van der Waals surface area contributed by atoms with Gasteiger partial charge in [0.15, 0.2) is 0 Å². The van der Waals surface area contributed by atoms with Gasteiger partial charge in [0.2, 0.25) is 0 Å². The van der Waals surface area contributed by atoms with Crippen molar-refractivity contribution < 1.29 is 9.13 Å². The van der Waals surface area contributed by atoms with E-state index in [1.54, 1.807) is 10.7 Å². The third-order valence-electron chi connectivity index (χ3n) is 3.47. The van der Waals surface area contributed by atoms with Crippen LogP contribution in [0.5, 0.6) is 5.75 Å². The number of nitrogens with zero attached hydrogens (tertiary/aromatic N) is 3. The van der Waals surface area contributed by atoms with Crippen LogP contribution in [0.15, 0.2) is 24.4 Å². The van der Waals surface area contributed by atoms with Gasteiger partial charge in [-0.3, -0.25) is 0 Å². The zero-order chi connectivity index (χ0) is 14.7. The van der Waals surface area contributed by atoms with Crippen LogP contribution in [-0.4, -0.2) is 27.6 Å². The van der Waals surface area contributed by atoms with Crippen LogP contribution in [0.4, 0.5) is 4.39 Å². The molecular formula is C15H19FN4O. The summed E-state index contributed by atoms with van der Waals surface area (Å²) >= 11 is 0. The molecule has 1 unspecified atom stereocenters. The molecule has 0 fully saturated rings. The Morgan fingerprint density at radius 2 is 2.38 bits per heavy atom. The van der Waals surface area contributed by atoms with E-state index in [1.807, 2.05) is 6.20 Å². The zero-order valence-electron chi connectivity index (χ0n) is 12.1. The number of nitrogens with one attached hydrogen (secondary N) is 1. The zero-order valence-corrected chi connectivity index (χ0v) is 12.1. The number of aromatic nitrogens is 3. The van der Waals surface area contributed by atoms with Crippen LogP contribution < -0.4 is 10.1 Å². The molecule has 0 spiro atoms. The minimum absolute atomic E-state index is 0.0139. The Bertz CT molecular complexity index is 613. The molecule has 112 valence electrons. The minimum atomic E-state index is -0.219. The molecule has 21 heavy (non-hydrogen) atoms. The highest BCUT2D eigenvalue weighted by molar-refractivity contribution is 5.37. The molecule has 0 bridgehead atoms. The van der Waals surface area contributed by atoms with Gasteiger partial charge in [0.25, 0.3) is 0 Å². The van der Waals surface area contributed by atoms with Gasteiger partial charge in [-0.15, -0.1) is 5.10 Å². The van der Waals surface area contributed by atoms with Crippen LogP contribution in [-0.2, 0) is 19.5 Å². The van der Waals surface area contributed by atoms with E-state index >= 15 is 0 Å². The van der Waals surface area contributed by atoms with Crippen LogP contribution in [0.2, 0.25) is 0 Å². The fourth-order valence-electron chi connectivity index (χ4n) is 2.50. The Kier molecular flexibility index (Phi) is 4.15. The van der Waals surface area contributed by atoms with E-state index < -0.39 is 0 Å². The summed E-state index contributed by atoms with van der Waals surface area (Å²) in [7, 11) is 0. The second kappa shape index (κ2) is 6.22. The molecule has 0 radical (unpaired) electrons. The third-order valence-corrected chi connectivity index (χ3v) is 3.47. The summed E-state index contributed by atoms with van der Waals surface area (Å²) in [5.74, 6) is 0.550. The summed E-state index contributed by atoms with van der Waals surface area (Å²) in [5.41, 5.74) is 1.84. The van der Waals surface area contributed by atoms with E-state index in [4.69, 9.17) is 4.74 Å². The molecule has 0 saturated heterocycles. The topological polar surface area (TPSA) is 52.0 Å². The number of fused-ring (bicyclic) bond motifs is 1. The lowest BCUT2D eigenvalue weighted by atomic mass is 10.1. The molecule has 2 heterocycles. The summed E-state index contributed by atoms with van der Waals surface area (Å²) < 4.78 is 20.8. The average Bonchev–Trinajstić information content (AvgIpc) is 3.05. The number of hydrogen-bond donors (Lipinski definition) is 1. The summed E-state index contributed by atoms with van der Waals surface area (Å²) in [4.78, 5) is 0. The highest BCUT2D eigenvalue weighted by Gasteiger charge is 2.24. The van der Waals surface area contributed by atoms with Gasteiger partial charge < -0.3 is 10.1 Å². The Balaban J connectivity index is 1.56. The van der Waals surface area contributed by atoms with Gasteiger partial charge in [0, 0.05) is 24.7 Å². The van der Waals surface area contributed by atoms with Crippen molar-refractivity contribution in [2.24, 2.45) is 0 Å². The van der Waals surface area contributed by atoms with Crippen molar-refractivity contribution in [3.63, 3.8) is 0 Å². The van der Waals surface area contributed by atoms with Crippen molar-refractivity contribution in [2.75, 3.05) is 6.54 Å². The van der Waals surface area contributed by atoms with Gasteiger partial charge in [-0.1, -0.05) is 12.1 Å². The molecule has 6 heteroatoms. The van der Waals surface area contributed by atoms with Gasteiger partial charge in [-0.2, -0.15) is 0 Å². The lowest BCUT2D eigenvalue weighted by Crippen LogP contribution is -2.21. The van der Waals surface area contributed by atoms with E-state index in [1.165, 1.54) is 12.1 Å². The number of ether oxygens (including phenoxy) is 1. The fourth-order valence-corrected chi connectivity index (χ4v) is 2.50. The molecule has 1 aromatic heterocycles. The van der Waals surface area contributed by atoms with Crippen LogP contribution in [0.3, 0.4) is 0 Å². The van der Waals surface area contributed by atoms with Gasteiger partial charge in [0.1, 0.15) is 17.7 Å². The van der Waals surface area contributed by atoms with Crippen molar-refractivity contribution in [1.82, 2.24) is 20.3 Å². The van der Waals surface area contributed by atoms with E-state index in [-0.39, 0.29) is 11.9 Å².